The first kappa shape index (κ1) is 14.9. The minimum Gasteiger partial charge on any atom is -0.298 e. The molecule has 0 saturated heterocycles. The fraction of sp³-hybridized carbons (Fsp3) is 0.231. The Labute approximate surface area is 118 Å². The van der Waals surface area contributed by atoms with E-state index in [0.29, 0.717) is 0 Å². The van der Waals surface area contributed by atoms with Gasteiger partial charge in [-0.3, -0.25) is 20.3 Å². The number of hydrogen-bond donors (Lipinski definition) is 2. The van der Waals surface area contributed by atoms with E-state index >= 15 is 0 Å². The minimum absolute atomic E-state index is 0.217. The molecule has 0 aliphatic rings. The van der Waals surface area contributed by atoms with Gasteiger partial charge >= 0.3 is 6.18 Å². The number of nitrogens with one attached hydrogen (secondary N) is 2. The van der Waals surface area contributed by atoms with Crippen LogP contribution < -0.4 is 10.9 Å². The van der Waals surface area contributed by atoms with Crippen molar-refractivity contribution in [2.24, 2.45) is 0 Å². The summed E-state index contributed by atoms with van der Waals surface area (Å²) in [6.07, 6.45) is -1.40. The largest absolute Gasteiger partial charge is 0.418 e. The summed E-state index contributed by atoms with van der Waals surface area (Å²) in [6.45, 7) is 1.58. The van der Waals surface area contributed by atoms with E-state index in [1.54, 1.807) is 19.2 Å². The first-order valence-electron chi connectivity index (χ1n) is 6.11. The molecular weight excluding hydrogens is 285 g/mol. The summed E-state index contributed by atoms with van der Waals surface area (Å²) in [5.41, 5.74) is 3.48. The summed E-state index contributed by atoms with van der Waals surface area (Å²) in [5, 5.41) is 3.90. The van der Waals surface area contributed by atoms with Gasteiger partial charge in [0.15, 0.2) is 0 Å². The topological polar surface area (TPSA) is 59.0 Å². The summed E-state index contributed by atoms with van der Waals surface area (Å²) < 4.78 is 39.8. The van der Waals surface area contributed by atoms with Crippen LogP contribution in [-0.4, -0.2) is 15.7 Å². The number of rotatable bonds is 4. The number of amides is 1. The van der Waals surface area contributed by atoms with Gasteiger partial charge in [-0.05, 0) is 25.1 Å². The molecule has 1 atom stereocenters. The molecule has 2 N–H and O–H groups in total. The van der Waals surface area contributed by atoms with E-state index in [-0.39, 0.29) is 5.69 Å². The molecular formula is C13H13F3N4O. The van der Waals surface area contributed by atoms with Crippen LogP contribution in [0.3, 0.4) is 0 Å². The van der Waals surface area contributed by atoms with E-state index in [1.807, 2.05) is 0 Å². The number of anilines is 1. The molecule has 0 fully saturated rings. The van der Waals surface area contributed by atoms with Gasteiger partial charge in [0.05, 0.1) is 11.3 Å². The molecule has 0 radical (unpaired) electrons. The summed E-state index contributed by atoms with van der Waals surface area (Å²) in [6, 6.07) is 5.90. The Balaban J connectivity index is 2.05. The predicted octanol–water partition coefficient (Wildman–Crippen LogP) is 2.61. The van der Waals surface area contributed by atoms with Gasteiger partial charge in [-0.1, -0.05) is 12.1 Å². The van der Waals surface area contributed by atoms with Gasteiger partial charge in [-0.15, -0.1) is 0 Å². The first-order chi connectivity index (χ1) is 9.89. The molecule has 112 valence electrons. The van der Waals surface area contributed by atoms with Crippen LogP contribution in [0.1, 0.15) is 18.5 Å². The van der Waals surface area contributed by atoms with Gasteiger partial charge in [-0.2, -0.15) is 18.3 Å². The summed E-state index contributed by atoms with van der Waals surface area (Å²) in [7, 11) is 0. The Morgan fingerprint density at radius 3 is 2.62 bits per heavy atom. The molecule has 21 heavy (non-hydrogen) atoms. The predicted molar refractivity (Wildman–Crippen MR) is 70.1 cm³/mol. The number of nitrogens with zero attached hydrogens (tertiary/aromatic N) is 2. The summed E-state index contributed by atoms with van der Waals surface area (Å²) >= 11 is 0. The molecule has 0 bridgehead atoms. The molecule has 0 aliphatic carbocycles. The maximum Gasteiger partial charge on any atom is 0.418 e. The highest BCUT2D eigenvalue weighted by Gasteiger charge is 2.33. The number of hydrazine groups is 1. The third kappa shape index (κ3) is 3.53. The Morgan fingerprint density at radius 2 is 2.00 bits per heavy atom. The van der Waals surface area contributed by atoms with Gasteiger partial charge in [0.1, 0.15) is 6.04 Å². The van der Waals surface area contributed by atoms with E-state index < -0.39 is 23.7 Å². The lowest BCUT2D eigenvalue weighted by atomic mass is 10.2. The molecule has 2 rings (SSSR count). The Morgan fingerprint density at radius 1 is 1.29 bits per heavy atom. The normalized spacial score (nSPS) is 12.8. The van der Waals surface area contributed by atoms with Crippen molar-refractivity contribution >= 4 is 11.6 Å². The van der Waals surface area contributed by atoms with Crippen molar-refractivity contribution < 1.29 is 18.0 Å². The highest BCUT2D eigenvalue weighted by Crippen LogP contribution is 2.34. The number of carbonyl (C=O) groups excluding carboxylic acids is 1. The molecule has 8 heteroatoms. The van der Waals surface area contributed by atoms with Gasteiger partial charge in [0.2, 0.25) is 0 Å². The van der Waals surface area contributed by atoms with Crippen LogP contribution in [0.2, 0.25) is 0 Å². The van der Waals surface area contributed by atoms with Crippen molar-refractivity contribution in [3.8, 4) is 0 Å². The van der Waals surface area contributed by atoms with Crippen LogP contribution in [0.25, 0.3) is 0 Å². The Hall–Kier alpha value is -2.51. The smallest absolute Gasteiger partial charge is 0.298 e. The molecule has 0 spiro atoms. The maximum atomic E-state index is 12.8. The van der Waals surface area contributed by atoms with E-state index in [4.69, 9.17) is 0 Å². The van der Waals surface area contributed by atoms with Gasteiger partial charge in [-0.25, -0.2) is 0 Å². The van der Waals surface area contributed by atoms with E-state index in [2.05, 4.69) is 16.0 Å². The van der Waals surface area contributed by atoms with Crippen molar-refractivity contribution in [1.82, 2.24) is 15.2 Å². The molecule has 5 nitrogen and oxygen atoms in total. The van der Waals surface area contributed by atoms with E-state index in [9.17, 15) is 18.0 Å². The molecule has 0 unspecified atom stereocenters. The summed E-state index contributed by atoms with van der Waals surface area (Å²) in [5.74, 6) is -0.504. The zero-order valence-corrected chi connectivity index (χ0v) is 11.1. The standard InChI is InChI=1S/C13H13F3N4O/c1-9(20-8-4-7-17-20)12(21)19-18-11-6-3-2-5-10(11)13(14,15)16/h2-9,18H,1H3,(H,19,21)/t9-/m1/s1. The number of hydrogen-bond acceptors (Lipinski definition) is 3. The van der Waals surface area contributed by atoms with Crippen LogP contribution in [-0.2, 0) is 11.0 Å². The monoisotopic (exact) mass is 298 g/mol. The average molecular weight is 298 g/mol. The zero-order valence-electron chi connectivity index (χ0n) is 11.1. The second-order valence-electron chi connectivity index (χ2n) is 4.32. The van der Waals surface area contributed by atoms with Crippen LogP contribution in [0.5, 0.6) is 0 Å². The second-order valence-corrected chi connectivity index (χ2v) is 4.32. The van der Waals surface area contributed by atoms with Crippen LogP contribution >= 0.6 is 0 Å². The number of aromatic nitrogens is 2. The van der Waals surface area contributed by atoms with Crippen molar-refractivity contribution in [2.45, 2.75) is 19.1 Å². The van der Waals surface area contributed by atoms with Crippen molar-refractivity contribution in [2.75, 3.05) is 5.43 Å². The fourth-order valence-corrected chi connectivity index (χ4v) is 1.70. The highest BCUT2D eigenvalue weighted by molar-refractivity contribution is 5.81. The lowest BCUT2D eigenvalue weighted by Gasteiger charge is -2.17. The lowest BCUT2D eigenvalue weighted by Crippen LogP contribution is -2.36. The zero-order chi connectivity index (χ0) is 15.5. The third-order valence-corrected chi connectivity index (χ3v) is 2.85. The average Bonchev–Trinajstić information content (AvgIpc) is 2.97. The number of halogens is 3. The molecule has 1 aromatic heterocycles. The molecule has 1 aromatic carbocycles. The quantitative estimate of drug-likeness (QED) is 0.853. The first-order valence-corrected chi connectivity index (χ1v) is 6.11. The number of carbonyl (C=O) groups is 1. The van der Waals surface area contributed by atoms with Crippen LogP contribution in [0.15, 0.2) is 42.7 Å². The molecule has 0 saturated carbocycles. The van der Waals surface area contributed by atoms with Gasteiger partial charge < -0.3 is 0 Å². The minimum atomic E-state index is -4.50. The SMILES string of the molecule is C[C@H](C(=O)NNc1ccccc1C(F)(F)F)n1cccn1. The third-order valence-electron chi connectivity index (χ3n) is 2.85. The Kier molecular flexibility index (Phi) is 4.15. The van der Waals surface area contributed by atoms with E-state index in [1.165, 1.54) is 29.1 Å². The molecule has 0 aliphatic heterocycles. The van der Waals surface area contributed by atoms with Crippen molar-refractivity contribution in [3.05, 3.63) is 48.3 Å². The lowest BCUT2D eigenvalue weighted by molar-refractivity contribution is -0.137. The van der Waals surface area contributed by atoms with Crippen LogP contribution in [0.4, 0.5) is 18.9 Å². The molecule has 1 heterocycles. The maximum absolute atomic E-state index is 12.8. The van der Waals surface area contributed by atoms with E-state index in [0.717, 1.165) is 6.07 Å². The summed E-state index contributed by atoms with van der Waals surface area (Å²) in [4.78, 5) is 11.9. The molecule has 1 amide bonds. The second kappa shape index (κ2) is 5.86. The van der Waals surface area contributed by atoms with Gasteiger partial charge in [0.25, 0.3) is 5.91 Å². The van der Waals surface area contributed by atoms with Crippen molar-refractivity contribution in [1.29, 1.82) is 0 Å². The number of alkyl halides is 3. The Bertz CT molecular complexity index is 610. The molecule has 2 aromatic rings. The van der Waals surface area contributed by atoms with Crippen LogP contribution in [0, 0.1) is 0 Å². The van der Waals surface area contributed by atoms with Crippen molar-refractivity contribution in [3.63, 3.8) is 0 Å². The highest BCUT2D eigenvalue weighted by atomic mass is 19.4. The number of benzene rings is 1. The fourth-order valence-electron chi connectivity index (χ4n) is 1.70. The number of para-hydroxylation sites is 1. The van der Waals surface area contributed by atoms with Gasteiger partial charge in [0, 0.05) is 12.4 Å².